The molecule has 2 aromatic carbocycles. The second-order valence-electron chi connectivity index (χ2n) is 7.19. The van der Waals surface area contributed by atoms with Crippen molar-refractivity contribution in [1.82, 2.24) is 10.2 Å². The molecule has 1 aromatic heterocycles. The lowest BCUT2D eigenvalue weighted by molar-refractivity contribution is -0.694. The number of likely N-dealkylation sites (N-methyl/N-ethyl adjacent to an activating group) is 1. The minimum absolute atomic E-state index is 0. The van der Waals surface area contributed by atoms with Crippen LogP contribution in [0.25, 0.3) is 10.8 Å². The van der Waals surface area contributed by atoms with E-state index in [0.717, 1.165) is 27.5 Å². The average Bonchev–Trinajstić information content (AvgIpc) is 2.81. The number of hydrogen-bond acceptors (Lipinski definition) is 4. The minimum Gasteiger partial charge on any atom is -1.00 e. The lowest BCUT2D eigenvalue weighted by atomic mass is 10.1. The molecule has 0 unspecified atom stereocenters. The summed E-state index contributed by atoms with van der Waals surface area (Å²) >= 11 is 3.40. The molecule has 33 heavy (non-hydrogen) atoms. The van der Waals surface area contributed by atoms with Gasteiger partial charge in [0, 0.05) is 12.4 Å². The minimum atomic E-state index is -0.466. The Labute approximate surface area is 219 Å². The Bertz CT molecular complexity index is 1090. The second kappa shape index (κ2) is 13.3. The van der Waals surface area contributed by atoms with Gasteiger partial charge < -0.3 is 43.7 Å². The molecule has 0 saturated heterocycles. The summed E-state index contributed by atoms with van der Waals surface area (Å²) in [7, 11) is 1.65. The lowest BCUT2D eigenvalue weighted by Gasteiger charge is -2.18. The highest BCUT2D eigenvalue weighted by Gasteiger charge is 2.13. The molecule has 0 aliphatic heterocycles. The number of aryl methyl sites for hydroxylation is 1. The standard InChI is InChI=1S/C24H26BrN3O4.HI/c1-3-28-16-19(15-20(25)17-28)23(29)26-11-13-32-24(30)27(2)12-14-31-22-10-6-8-18-7-4-5-9-21(18)22;/h4-10,15-17H,3,11-14H2,1-2H3;1H. The van der Waals surface area contributed by atoms with Crippen LogP contribution in [0.1, 0.15) is 17.3 Å². The zero-order valence-corrected chi connectivity index (χ0v) is 22.3. The third kappa shape index (κ3) is 7.85. The van der Waals surface area contributed by atoms with E-state index in [1.54, 1.807) is 19.3 Å². The van der Waals surface area contributed by atoms with Crippen LogP contribution in [0.5, 0.6) is 5.75 Å². The van der Waals surface area contributed by atoms with Crippen LogP contribution in [0.3, 0.4) is 0 Å². The van der Waals surface area contributed by atoms with Crippen LogP contribution in [-0.4, -0.2) is 50.3 Å². The summed E-state index contributed by atoms with van der Waals surface area (Å²) in [4.78, 5) is 25.9. The van der Waals surface area contributed by atoms with Crippen LogP contribution in [0.2, 0.25) is 0 Å². The molecule has 3 rings (SSSR count). The molecule has 0 aliphatic carbocycles. The third-order valence-corrected chi connectivity index (χ3v) is 5.31. The number of fused-ring (bicyclic) bond motifs is 1. The number of ether oxygens (including phenoxy) is 2. The first-order chi connectivity index (χ1) is 15.5. The Morgan fingerprint density at radius 3 is 2.64 bits per heavy atom. The average molecular weight is 628 g/mol. The molecule has 1 heterocycles. The summed E-state index contributed by atoms with van der Waals surface area (Å²) in [5.41, 5.74) is 0.537. The van der Waals surface area contributed by atoms with Crippen molar-refractivity contribution in [1.29, 1.82) is 0 Å². The highest BCUT2D eigenvalue weighted by Crippen LogP contribution is 2.24. The zero-order chi connectivity index (χ0) is 22.9. The van der Waals surface area contributed by atoms with Crippen LogP contribution in [-0.2, 0) is 11.3 Å². The van der Waals surface area contributed by atoms with E-state index in [4.69, 9.17) is 9.47 Å². The predicted molar refractivity (Wildman–Crippen MR) is 126 cm³/mol. The molecule has 9 heteroatoms. The highest BCUT2D eigenvalue weighted by molar-refractivity contribution is 9.10. The Balaban J connectivity index is 0.00000385. The number of amides is 2. The normalized spacial score (nSPS) is 10.3. The predicted octanol–water partition coefficient (Wildman–Crippen LogP) is 0.791. The van der Waals surface area contributed by atoms with Gasteiger partial charge >= 0.3 is 6.09 Å². The van der Waals surface area contributed by atoms with E-state index in [1.165, 1.54) is 4.90 Å². The van der Waals surface area contributed by atoms with E-state index < -0.39 is 6.09 Å². The van der Waals surface area contributed by atoms with E-state index in [0.29, 0.717) is 18.7 Å². The summed E-state index contributed by atoms with van der Waals surface area (Å²) in [5.74, 6) is 0.561. The zero-order valence-electron chi connectivity index (χ0n) is 18.6. The molecule has 0 radical (unpaired) electrons. The summed E-state index contributed by atoms with van der Waals surface area (Å²) in [5, 5.41) is 4.90. The van der Waals surface area contributed by atoms with Crippen molar-refractivity contribution in [2.24, 2.45) is 0 Å². The first-order valence-corrected chi connectivity index (χ1v) is 11.2. The SMILES string of the molecule is CC[n+]1cc(Br)cc(C(=O)NCCOC(=O)N(C)CCOc2cccc3ccccc23)c1.[I-]. The smallest absolute Gasteiger partial charge is 0.409 e. The van der Waals surface area contributed by atoms with Crippen LogP contribution in [0.15, 0.2) is 65.4 Å². The molecule has 0 atom stereocenters. The van der Waals surface area contributed by atoms with Gasteiger partial charge in [0.05, 0.1) is 17.6 Å². The first kappa shape index (κ1) is 26.8. The molecule has 1 N–H and O–H groups in total. The fourth-order valence-corrected chi connectivity index (χ4v) is 3.63. The molecular formula is C24H27BrIN3O4. The molecule has 0 spiro atoms. The molecule has 7 nitrogen and oxygen atoms in total. The van der Waals surface area contributed by atoms with Gasteiger partial charge in [0.2, 0.25) is 0 Å². The van der Waals surface area contributed by atoms with Crippen LogP contribution in [0.4, 0.5) is 4.79 Å². The molecule has 0 saturated carbocycles. The number of aromatic nitrogens is 1. The molecule has 2 amide bonds. The van der Waals surface area contributed by atoms with E-state index >= 15 is 0 Å². The van der Waals surface area contributed by atoms with Gasteiger partial charge in [0.25, 0.3) is 5.91 Å². The summed E-state index contributed by atoms with van der Waals surface area (Å²) < 4.78 is 13.8. The molecule has 176 valence electrons. The van der Waals surface area contributed by atoms with Crippen molar-refractivity contribution >= 4 is 38.7 Å². The van der Waals surface area contributed by atoms with E-state index in [2.05, 4.69) is 21.2 Å². The van der Waals surface area contributed by atoms with Crippen molar-refractivity contribution < 1.29 is 47.6 Å². The highest BCUT2D eigenvalue weighted by atomic mass is 127. The monoisotopic (exact) mass is 627 g/mol. The van der Waals surface area contributed by atoms with Crippen molar-refractivity contribution in [2.45, 2.75) is 13.5 Å². The largest absolute Gasteiger partial charge is 1.00 e. The van der Waals surface area contributed by atoms with Gasteiger partial charge in [-0.2, -0.15) is 0 Å². The lowest BCUT2D eigenvalue weighted by Crippen LogP contribution is -3.00. The van der Waals surface area contributed by atoms with Crippen molar-refractivity contribution in [3.8, 4) is 5.75 Å². The van der Waals surface area contributed by atoms with Crippen molar-refractivity contribution in [2.75, 3.05) is 33.4 Å². The summed E-state index contributed by atoms with van der Waals surface area (Å²) in [6.07, 6.45) is 3.21. The Morgan fingerprint density at radius 2 is 1.85 bits per heavy atom. The van der Waals surface area contributed by atoms with Crippen LogP contribution < -0.4 is 38.6 Å². The van der Waals surface area contributed by atoms with Gasteiger partial charge in [0.1, 0.15) is 31.1 Å². The van der Waals surface area contributed by atoms with E-state index in [1.807, 2.05) is 60.2 Å². The molecule has 0 fully saturated rings. The molecule has 3 aromatic rings. The maximum absolute atomic E-state index is 12.3. The van der Waals surface area contributed by atoms with E-state index in [-0.39, 0.29) is 43.0 Å². The number of halogens is 2. The van der Waals surface area contributed by atoms with Gasteiger partial charge in [0.15, 0.2) is 12.4 Å². The fourth-order valence-electron chi connectivity index (χ4n) is 3.12. The number of carbonyl (C=O) groups is 2. The number of nitrogens with zero attached hydrogens (tertiary/aromatic N) is 2. The Hall–Kier alpha value is -2.40. The quantitative estimate of drug-likeness (QED) is 0.216. The van der Waals surface area contributed by atoms with Gasteiger partial charge in [-0.1, -0.05) is 36.4 Å². The number of hydrogen-bond donors (Lipinski definition) is 1. The maximum atomic E-state index is 12.3. The number of rotatable bonds is 9. The van der Waals surface area contributed by atoms with E-state index in [9.17, 15) is 9.59 Å². The molecule has 0 bridgehead atoms. The topological polar surface area (TPSA) is 71.8 Å². The maximum Gasteiger partial charge on any atom is 0.409 e. The van der Waals surface area contributed by atoms with Gasteiger partial charge in [-0.15, -0.1) is 0 Å². The number of benzene rings is 2. The molecule has 0 aliphatic rings. The van der Waals surface area contributed by atoms with Gasteiger partial charge in [-0.05, 0) is 40.4 Å². The van der Waals surface area contributed by atoms with Crippen LogP contribution in [0, 0.1) is 0 Å². The van der Waals surface area contributed by atoms with Crippen LogP contribution >= 0.6 is 15.9 Å². The summed E-state index contributed by atoms with van der Waals surface area (Å²) in [6.45, 7) is 3.79. The number of carbonyl (C=O) groups excluding carboxylic acids is 2. The fraction of sp³-hybridized carbons (Fsp3) is 0.292. The van der Waals surface area contributed by atoms with Gasteiger partial charge in [-0.3, -0.25) is 4.79 Å². The third-order valence-electron chi connectivity index (χ3n) is 4.87. The van der Waals surface area contributed by atoms with Gasteiger partial charge in [-0.25, -0.2) is 9.36 Å². The number of nitrogens with one attached hydrogen (secondary N) is 1. The summed E-state index contributed by atoms with van der Waals surface area (Å²) in [6, 6.07) is 15.6. The molecular weight excluding hydrogens is 601 g/mol. The number of pyridine rings is 1. The van der Waals surface area contributed by atoms with Crippen molar-refractivity contribution in [3.63, 3.8) is 0 Å². The Kier molecular flexibility index (Phi) is 10.9. The first-order valence-electron chi connectivity index (χ1n) is 10.4. The van der Waals surface area contributed by atoms with Crippen molar-refractivity contribution in [3.05, 3.63) is 71.0 Å². The second-order valence-corrected chi connectivity index (χ2v) is 8.11. The Morgan fingerprint density at radius 1 is 1.09 bits per heavy atom.